The number of halogens is 1. The van der Waals surface area contributed by atoms with Gasteiger partial charge in [0.2, 0.25) is 0 Å². The average molecular weight is 558 g/mol. The van der Waals surface area contributed by atoms with E-state index in [1.54, 1.807) is 42.6 Å². The maximum Gasteiger partial charge on any atom is 0.338 e. The van der Waals surface area contributed by atoms with E-state index in [9.17, 15) is 18.0 Å². The van der Waals surface area contributed by atoms with Gasteiger partial charge in [-0.1, -0.05) is 12.1 Å². The van der Waals surface area contributed by atoms with Gasteiger partial charge < -0.3 is 9.47 Å². The third-order valence-electron chi connectivity index (χ3n) is 5.20. The smallest absolute Gasteiger partial charge is 0.338 e. The second-order valence-electron chi connectivity index (χ2n) is 7.41. The second kappa shape index (κ2) is 9.88. The monoisotopic (exact) mass is 557 g/mol. The molecule has 0 saturated carbocycles. The number of hydrogen-bond acceptors (Lipinski definition) is 7. The second-order valence-corrected chi connectivity index (χ2v) is 10.3. The van der Waals surface area contributed by atoms with E-state index in [4.69, 9.17) is 9.47 Å². The number of fused-ring (bicyclic) bond motifs is 1. The van der Waals surface area contributed by atoms with Gasteiger partial charge in [-0.2, -0.15) is 0 Å². The normalized spacial score (nSPS) is 11.3. The summed E-state index contributed by atoms with van der Waals surface area (Å²) in [5.41, 5.74) is 0.940. The predicted molar refractivity (Wildman–Crippen MR) is 133 cm³/mol. The number of sulfonamides is 1. The maximum absolute atomic E-state index is 13.1. The van der Waals surface area contributed by atoms with Crippen LogP contribution in [0.3, 0.4) is 0 Å². The van der Waals surface area contributed by atoms with Gasteiger partial charge in [-0.05, 0) is 64.5 Å². The Hall–Kier alpha value is -3.70. The van der Waals surface area contributed by atoms with Gasteiger partial charge in [0.1, 0.15) is 18.0 Å². The summed E-state index contributed by atoms with van der Waals surface area (Å²) in [6, 6.07) is 16.8. The van der Waals surface area contributed by atoms with Gasteiger partial charge >= 0.3 is 5.97 Å². The van der Waals surface area contributed by atoms with Crippen molar-refractivity contribution in [2.45, 2.75) is 11.5 Å². The van der Waals surface area contributed by atoms with Crippen molar-refractivity contribution in [3.8, 4) is 5.75 Å². The number of anilines is 1. The lowest BCUT2D eigenvalue weighted by Gasteiger charge is -2.21. The van der Waals surface area contributed by atoms with Crippen molar-refractivity contribution in [1.82, 2.24) is 9.38 Å². The van der Waals surface area contributed by atoms with E-state index in [-0.39, 0.29) is 22.6 Å². The van der Waals surface area contributed by atoms with Crippen LogP contribution in [0.4, 0.5) is 5.69 Å². The zero-order valence-electron chi connectivity index (χ0n) is 18.7. The number of rotatable bonds is 7. The van der Waals surface area contributed by atoms with E-state index in [1.807, 2.05) is 0 Å². The van der Waals surface area contributed by atoms with Crippen molar-refractivity contribution in [1.29, 1.82) is 0 Å². The first-order chi connectivity index (χ1) is 16.7. The summed E-state index contributed by atoms with van der Waals surface area (Å²) in [5.74, 6) is -0.266. The van der Waals surface area contributed by atoms with Gasteiger partial charge in [0.15, 0.2) is 0 Å². The molecule has 0 radical (unpaired) electrons. The number of carbonyl (C=O) groups is 1. The number of nitrogens with zero attached hydrogens (tertiary/aromatic N) is 3. The van der Waals surface area contributed by atoms with E-state index in [2.05, 4.69) is 20.9 Å². The van der Waals surface area contributed by atoms with E-state index >= 15 is 0 Å². The lowest BCUT2D eigenvalue weighted by Crippen LogP contribution is -2.27. The summed E-state index contributed by atoms with van der Waals surface area (Å²) in [4.78, 5) is 29.1. The molecule has 2 aromatic carbocycles. The van der Waals surface area contributed by atoms with E-state index in [0.29, 0.717) is 22.8 Å². The number of esters is 1. The molecule has 11 heteroatoms. The van der Waals surface area contributed by atoms with Crippen LogP contribution in [-0.2, 0) is 21.4 Å². The van der Waals surface area contributed by atoms with Crippen LogP contribution >= 0.6 is 15.9 Å². The van der Waals surface area contributed by atoms with Crippen molar-refractivity contribution in [2.75, 3.05) is 18.5 Å². The fourth-order valence-electron chi connectivity index (χ4n) is 3.36. The molecule has 0 saturated heterocycles. The highest BCUT2D eigenvalue weighted by Crippen LogP contribution is 2.30. The molecule has 4 rings (SSSR count). The van der Waals surface area contributed by atoms with Crippen molar-refractivity contribution in [3.05, 3.63) is 99.0 Å². The van der Waals surface area contributed by atoms with Crippen LogP contribution < -0.4 is 14.6 Å². The molecule has 0 aliphatic heterocycles. The van der Waals surface area contributed by atoms with Gasteiger partial charge in [0.05, 0.1) is 29.0 Å². The summed E-state index contributed by atoms with van der Waals surface area (Å²) in [6.45, 7) is -0.211. The van der Waals surface area contributed by atoms with Gasteiger partial charge in [-0.3, -0.25) is 13.5 Å². The summed E-state index contributed by atoms with van der Waals surface area (Å²) >= 11 is 3.30. The minimum absolute atomic E-state index is 0.00201. The molecule has 0 aliphatic carbocycles. The minimum Gasteiger partial charge on any atom is -0.495 e. The SMILES string of the molecule is COc1ccccc1N(C)S(=O)(=O)c1ccc(C(=O)OCc2cc(=O)n3cc(Br)ccc3n2)cc1. The Labute approximate surface area is 209 Å². The molecule has 0 N–H and O–H groups in total. The van der Waals surface area contributed by atoms with Gasteiger partial charge in [-0.15, -0.1) is 0 Å². The fraction of sp³-hybridized carbons (Fsp3) is 0.125. The van der Waals surface area contributed by atoms with Crippen LogP contribution in [0.15, 0.2) is 87.1 Å². The molecule has 180 valence electrons. The molecule has 0 atom stereocenters. The zero-order chi connectivity index (χ0) is 25.2. The summed E-state index contributed by atoms with van der Waals surface area (Å²) in [5, 5.41) is 0. The van der Waals surface area contributed by atoms with Crippen molar-refractivity contribution in [2.24, 2.45) is 0 Å². The van der Waals surface area contributed by atoms with Crippen LogP contribution in [0, 0.1) is 0 Å². The standard InChI is InChI=1S/C24H20BrN3O6S/c1-27(20-5-3-4-6-21(20)33-2)35(31,32)19-10-7-16(8-11-19)24(30)34-15-18-13-23(29)28-14-17(25)9-12-22(28)26-18/h3-14H,15H2,1-2H3. The Kier molecular flexibility index (Phi) is 6.90. The topological polar surface area (TPSA) is 107 Å². The van der Waals surface area contributed by atoms with Crippen LogP contribution in [-0.4, -0.2) is 37.9 Å². The Balaban J connectivity index is 1.48. The van der Waals surface area contributed by atoms with Crippen LogP contribution in [0.5, 0.6) is 5.75 Å². The Bertz CT molecular complexity index is 1570. The largest absolute Gasteiger partial charge is 0.495 e. The first-order valence-electron chi connectivity index (χ1n) is 10.3. The Morgan fingerprint density at radius 3 is 2.51 bits per heavy atom. The summed E-state index contributed by atoms with van der Waals surface area (Å²) in [7, 11) is -1.02. The number of aromatic nitrogens is 2. The first kappa shape index (κ1) is 24.4. The van der Waals surface area contributed by atoms with Crippen LogP contribution in [0.2, 0.25) is 0 Å². The molecule has 35 heavy (non-hydrogen) atoms. The number of carbonyl (C=O) groups excluding carboxylic acids is 1. The molecule has 0 amide bonds. The van der Waals surface area contributed by atoms with Gasteiger partial charge in [0.25, 0.3) is 15.6 Å². The third-order valence-corrected chi connectivity index (χ3v) is 7.46. The first-order valence-corrected chi connectivity index (χ1v) is 12.5. The molecule has 0 aliphatic rings. The quantitative estimate of drug-likeness (QED) is 0.319. The zero-order valence-corrected chi connectivity index (χ0v) is 21.1. The van der Waals surface area contributed by atoms with Crippen molar-refractivity contribution >= 4 is 43.3 Å². The van der Waals surface area contributed by atoms with E-state index in [1.165, 1.54) is 48.9 Å². The molecular weight excluding hydrogens is 538 g/mol. The van der Waals surface area contributed by atoms with Crippen LogP contribution in [0.25, 0.3) is 5.65 Å². The van der Waals surface area contributed by atoms with Crippen molar-refractivity contribution < 1.29 is 22.7 Å². The molecule has 2 heterocycles. The number of hydrogen-bond donors (Lipinski definition) is 0. The maximum atomic E-state index is 13.1. The van der Waals surface area contributed by atoms with Crippen molar-refractivity contribution in [3.63, 3.8) is 0 Å². The van der Waals surface area contributed by atoms with Gasteiger partial charge in [0, 0.05) is 23.8 Å². The highest BCUT2D eigenvalue weighted by atomic mass is 79.9. The summed E-state index contributed by atoms with van der Waals surface area (Å²) in [6.07, 6.45) is 1.60. The molecule has 0 unspecified atom stereocenters. The molecule has 0 bridgehead atoms. The third kappa shape index (κ3) is 5.05. The Morgan fingerprint density at radius 1 is 1.09 bits per heavy atom. The van der Waals surface area contributed by atoms with Crippen LogP contribution in [0.1, 0.15) is 16.1 Å². The van der Waals surface area contributed by atoms with Gasteiger partial charge in [-0.25, -0.2) is 18.2 Å². The Morgan fingerprint density at radius 2 is 1.80 bits per heavy atom. The molecule has 2 aromatic heterocycles. The molecule has 4 aromatic rings. The molecule has 0 spiro atoms. The lowest BCUT2D eigenvalue weighted by molar-refractivity contribution is 0.0467. The number of methoxy groups -OCH3 is 1. The molecular formula is C24H20BrN3O6S. The minimum atomic E-state index is -3.90. The lowest BCUT2D eigenvalue weighted by atomic mass is 10.2. The molecule has 9 nitrogen and oxygen atoms in total. The number of pyridine rings is 1. The highest BCUT2D eigenvalue weighted by Gasteiger charge is 2.24. The summed E-state index contributed by atoms with van der Waals surface area (Å²) < 4.78 is 39.9. The average Bonchev–Trinajstić information content (AvgIpc) is 2.87. The van der Waals surface area contributed by atoms with E-state index < -0.39 is 16.0 Å². The number of ether oxygens (including phenoxy) is 2. The number of para-hydroxylation sites is 2. The van der Waals surface area contributed by atoms with E-state index in [0.717, 1.165) is 8.78 Å². The highest BCUT2D eigenvalue weighted by molar-refractivity contribution is 9.10. The fourth-order valence-corrected chi connectivity index (χ4v) is 4.91. The number of benzene rings is 2. The predicted octanol–water partition coefficient (Wildman–Crippen LogP) is 3.65. The molecule has 0 fully saturated rings.